The van der Waals surface area contributed by atoms with Crippen molar-refractivity contribution in [3.05, 3.63) is 11.9 Å². The van der Waals surface area contributed by atoms with Crippen molar-refractivity contribution >= 4 is 23.6 Å². The number of anilines is 1. The highest BCUT2D eigenvalue weighted by molar-refractivity contribution is 6.02. The molecule has 0 aliphatic carbocycles. The lowest BCUT2D eigenvalue weighted by Gasteiger charge is -2.17. The van der Waals surface area contributed by atoms with Crippen molar-refractivity contribution < 1.29 is 19.5 Å². The summed E-state index contributed by atoms with van der Waals surface area (Å²) in [6.45, 7) is 4.73. The minimum Gasteiger partial charge on any atom is -0.481 e. The zero-order valence-electron chi connectivity index (χ0n) is 12.6. The van der Waals surface area contributed by atoms with Crippen LogP contribution in [0.1, 0.15) is 32.9 Å². The highest BCUT2D eigenvalue weighted by atomic mass is 16.4. The molecule has 1 aromatic heterocycles. The lowest BCUT2D eigenvalue weighted by atomic mass is 9.89. The first-order valence-corrected chi connectivity index (χ1v) is 6.52. The average Bonchev–Trinajstić information content (AvgIpc) is 2.67. The van der Waals surface area contributed by atoms with Gasteiger partial charge >= 0.3 is 12.0 Å². The number of carbonyl (C=O) groups excluding carboxylic acids is 2. The van der Waals surface area contributed by atoms with E-state index in [0.717, 1.165) is 0 Å². The second-order valence-corrected chi connectivity index (χ2v) is 5.38. The number of carbonyl (C=O) groups is 3. The Morgan fingerprint density at radius 1 is 1.38 bits per heavy atom. The van der Waals surface area contributed by atoms with Gasteiger partial charge in [-0.25, -0.2) is 4.79 Å². The summed E-state index contributed by atoms with van der Waals surface area (Å²) >= 11 is 0. The molecule has 21 heavy (non-hydrogen) atoms. The quantitative estimate of drug-likeness (QED) is 0.753. The Hall–Kier alpha value is -2.38. The van der Waals surface area contributed by atoms with Crippen LogP contribution in [0.25, 0.3) is 0 Å². The molecule has 8 heteroatoms. The van der Waals surface area contributed by atoms with E-state index in [-0.39, 0.29) is 6.42 Å². The molecular weight excluding hydrogens is 276 g/mol. The van der Waals surface area contributed by atoms with Crippen LogP contribution in [0, 0.1) is 5.41 Å². The number of imide groups is 1. The van der Waals surface area contributed by atoms with Crippen molar-refractivity contribution in [1.29, 1.82) is 0 Å². The Kier molecular flexibility index (Phi) is 5.07. The molecular formula is C13H20N4O4. The van der Waals surface area contributed by atoms with E-state index in [4.69, 9.17) is 5.11 Å². The van der Waals surface area contributed by atoms with Gasteiger partial charge in [0.15, 0.2) is 0 Å². The Morgan fingerprint density at radius 3 is 2.52 bits per heavy atom. The predicted molar refractivity (Wildman–Crippen MR) is 75.8 cm³/mol. The number of nitrogens with zero attached hydrogens (tertiary/aromatic N) is 2. The molecule has 3 amide bonds. The zero-order chi connectivity index (χ0) is 16.2. The fourth-order valence-corrected chi connectivity index (χ4v) is 1.70. The molecule has 1 heterocycles. The molecule has 0 saturated heterocycles. The van der Waals surface area contributed by atoms with E-state index in [2.05, 4.69) is 15.7 Å². The van der Waals surface area contributed by atoms with Gasteiger partial charge in [-0.2, -0.15) is 5.10 Å². The normalized spacial score (nSPS) is 11.0. The molecule has 0 unspecified atom stereocenters. The minimum absolute atomic E-state index is 0.288. The Balaban J connectivity index is 2.61. The van der Waals surface area contributed by atoms with Crippen LogP contribution in [0.5, 0.6) is 0 Å². The molecule has 0 fully saturated rings. The van der Waals surface area contributed by atoms with Crippen molar-refractivity contribution in [2.24, 2.45) is 12.5 Å². The molecule has 0 saturated carbocycles. The van der Waals surface area contributed by atoms with Crippen LogP contribution in [0.4, 0.5) is 10.5 Å². The van der Waals surface area contributed by atoms with Crippen molar-refractivity contribution in [3.8, 4) is 0 Å². The second-order valence-electron chi connectivity index (χ2n) is 5.38. The number of hydrogen-bond donors (Lipinski definition) is 3. The minimum atomic E-state index is -1.23. The van der Waals surface area contributed by atoms with Crippen LogP contribution in [0.2, 0.25) is 0 Å². The number of urea groups is 1. The molecule has 0 aliphatic heterocycles. The number of hydrogen-bond acceptors (Lipinski definition) is 4. The maximum Gasteiger partial charge on any atom is 0.325 e. The monoisotopic (exact) mass is 296 g/mol. The molecule has 116 valence electrons. The molecule has 0 spiro atoms. The van der Waals surface area contributed by atoms with Gasteiger partial charge in [0.2, 0.25) is 5.91 Å². The number of carboxylic acid groups (broad SMARTS) is 1. The van der Waals surface area contributed by atoms with Crippen molar-refractivity contribution in [2.75, 3.05) is 5.32 Å². The van der Waals surface area contributed by atoms with Crippen LogP contribution in [-0.2, 0) is 23.1 Å². The highest BCUT2D eigenvalue weighted by Crippen LogP contribution is 2.20. The third-order valence-electron chi connectivity index (χ3n) is 2.92. The van der Waals surface area contributed by atoms with Gasteiger partial charge in [-0.05, 0) is 20.3 Å². The summed E-state index contributed by atoms with van der Waals surface area (Å²) in [4.78, 5) is 34.3. The van der Waals surface area contributed by atoms with E-state index < -0.39 is 23.3 Å². The first-order valence-electron chi connectivity index (χ1n) is 6.52. The molecule has 0 aromatic carbocycles. The number of rotatable bonds is 5. The maximum absolute atomic E-state index is 11.7. The Morgan fingerprint density at radius 2 is 2.00 bits per heavy atom. The summed E-state index contributed by atoms with van der Waals surface area (Å²) in [7, 11) is 1.72. The van der Waals surface area contributed by atoms with Crippen LogP contribution >= 0.6 is 0 Å². The van der Waals surface area contributed by atoms with E-state index in [1.165, 1.54) is 13.8 Å². The lowest BCUT2D eigenvalue weighted by molar-refractivity contribution is -0.149. The number of aromatic nitrogens is 2. The van der Waals surface area contributed by atoms with E-state index in [9.17, 15) is 14.4 Å². The van der Waals surface area contributed by atoms with Gasteiger partial charge in [0.05, 0.1) is 16.8 Å². The highest BCUT2D eigenvalue weighted by Gasteiger charge is 2.30. The molecule has 0 bridgehead atoms. The van der Waals surface area contributed by atoms with E-state index in [0.29, 0.717) is 17.8 Å². The number of aryl methyl sites for hydroxylation is 2. The summed E-state index contributed by atoms with van der Waals surface area (Å²) in [6.07, 6.45) is 1.98. The van der Waals surface area contributed by atoms with Gasteiger partial charge in [0, 0.05) is 19.7 Å². The number of amides is 3. The second kappa shape index (κ2) is 6.38. The predicted octanol–water partition coefficient (Wildman–Crippen LogP) is 1.13. The molecule has 0 radical (unpaired) electrons. The van der Waals surface area contributed by atoms with Crippen LogP contribution in [-0.4, -0.2) is 32.8 Å². The van der Waals surface area contributed by atoms with Gasteiger partial charge in [0.25, 0.3) is 0 Å². The molecule has 8 nitrogen and oxygen atoms in total. The third-order valence-corrected chi connectivity index (χ3v) is 2.92. The van der Waals surface area contributed by atoms with Gasteiger partial charge in [-0.3, -0.25) is 19.6 Å². The van der Waals surface area contributed by atoms with Crippen molar-refractivity contribution in [2.45, 2.75) is 33.6 Å². The van der Waals surface area contributed by atoms with Gasteiger partial charge in [-0.15, -0.1) is 0 Å². The van der Waals surface area contributed by atoms with Gasteiger partial charge in [-0.1, -0.05) is 6.92 Å². The first-order chi connectivity index (χ1) is 9.65. The SMILES string of the molecule is CCc1nn(C)cc1NC(=O)NC(=O)CC(C)(C)C(=O)O. The van der Waals surface area contributed by atoms with Gasteiger partial charge < -0.3 is 10.4 Å². The van der Waals surface area contributed by atoms with E-state index >= 15 is 0 Å². The van der Waals surface area contributed by atoms with Gasteiger partial charge in [0.1, 0.15) is 0 Å². The molecule has 0 atom stereocenters. The summed E-state index contributed by atoms with van der Waals surface area (Å²) in [5, 5.41) is 17.7. The van der Waals surface area contributed by atoms with E-state index in [1.54, 1.807) is 17.9 Å². The van der Waals surface area contributed by atoms with Crippen LogP contribution in [0.3, 0.4) is 0 Å². The van der Waals surface area contributed by atoms with Crippen molar-refractivity contribution in [3.63, 3.8) is 0 Å². The Bertz CT molecular complexity index is 563. The molecule has 3 N–H and O–H groups in total. The lowest BCUT2D eigenvalue weighted by Crippen LogP contribution is -2.38. The summed E-state index contributed by atoms with van der Waals surface area (Å²) in [5.74, 6) is -1.75. The van der Waals surface area contributed by atoms with Crippen LogP contribution < -0.4 is 10.6 Å². The number of aliphatic carboxylic acids is 1. The summed E-state index contributed by atoms with van der Waals surface area (Å²) < 4.78 is 1.56. The molecule has 1 rings (SSSR count). The average molecular weight is 296 g/mol. The zero-order valence-corrected chi connectivity index (χ0v) is 12.6. The first kappa shape index (κ1) is 16.7. The topological polar surface area (TPSA) is 113 Å². The smallest absolute Gasteiger partial charge is 0.325 e. The van der Waals surface area contributed by atoms with E-state index in [1.807, 2.05) is 6.92 Å². The fourth-order valence-electron chi connectivity index (χ4n) is 1.70. The molecule has 0 aliphatic rings. The molecule has 1 aromatic rings. The van der Waals surface area contributed by atoms with Crippen LogP contribution in [0.15, 0.2) is 6.20 Å². The third kappa shape index (κ3) is 4.59. The standard InChI is InChI=1S/C13H20N4O4/c1-5-8-9(7-17(4)16-8)14-12(21)15-10(18)6-13(2,3)11(19)20/h7H,5-6H2,1-4H3,(H,19,20)(H2,14,15,18,21). The van der Waals surface area contributed by atoms with Crippen molar-refractivity contribution in [1.82, 2.24) is 15.1 Å². The Labute approximate surface area is 122 Å². The summed E-state index contributed by atoms with van der Waals surface area (Å²) in [6, 6.07) is -0.705. The summed E-state index contributed by atoms with van der Waals surface area (Å²) in [5.41, 5.74) is -0.0125. The number of nitrogens with one attached hydrogen (secondary N) is 2. The maximum atomic E-state index is 11.7. The largest absolute Gasteiger partial charge is 0.481 e. The number of carboxylic acids is 1. The fraction of sp³-hybridized carbons (Fsp3) is 0.538.